The summed E-state index contributed by atoms with van der Waals surface area (Å²) in [5.41, 5.74) is 1.93. The van der Waals surface area contributed by atoms with Gasteiger partial charge < -0.3 is 4.74 Å². The zero-order chi connectivity index (χ0) is 14.4. The molecule has 0 spiro atoms. The average molecular weight is 273 g/mol. The van der Waals surface area contributed by atoms with Crippen molar-refractivity contribution in [3.63, 3.8) is 0 Å². The van der Waals surface area contributed by atoms with Gasteiger partial charge in [0.05, 0.1) is 18.2 Å². The van der Waals surface area contributed by atoms with Crippen molar-refractivity contribution in [2.75, 3.05) is 39.9 Å². The van der Waals surface area contributed by atoms with Crippen LogP contribution in [0.3, 0.4) is 0 Å². The van der Waals surface area contributed by atoms with Crippen LogP contribution in [0.1, 0.15) is 18.1 Å². The summed E-state index contributed by atoms with van der Waals surface area (Å²) in [6.45, 7) is 8.09. The van der Waals surface area contributed by atoms with E-state index >= 15 is 0 Å². The quantitative estimate of drug-likeness (QED) is 0.819. The minimum Gasteiger partial charge on any atom is -0.383 e. The van der Waals surface area contributed by atoms with E-state index in [4.69, 9.17) is 10.00 Å². The second-order valence-corrected chi connectivity index (χ2v) is 5.38. The van der Waals surface area contributed by atoms with Gasteiger partial charge in [-0.25, -0.2) is 0 Å². The maximum atomic E-state index is 9.15. The lowest BCUT2D eigenvalue weighted by atomic mass is 10.1. The Morgan fingerprint density at radius 1 is 1.35 bits per heavy atom. The van der Waals surface area contributed by atoms with Gasteiger partial charge >= 0.3 is 0 Å². The van der Waals surface area contributed by atoms with Gasteiger partial charge in [0, 0.05) is 45.9 Å². The molecule has 0 saturated carbocycles. The van der Waals surface area contributed by atoms with Crippen LogP contribution in [0.5, 0.6) is 0 Å². The lowest BCUT2D eigenvalue weighted by molar-refractivity contribution is 0.0557. The number of hydrogen-bond acceptors (Lipinski definition) is 4. The van der Waals surface area contributed by atoms with Gasteiger partial charge in [-0.15, -0.1) is 0 Å². The summed E-state index contributed by atoms with van der Waals surface area (Å²) >= 11 is 0. The molecule has 1 heterocycles. The Hall–Kier alpha value is -1.41. The number of hydrogen-bond donors (Lipinski definition) is 0. The van der Waals surface area contributed by atoms with Crippen molar-refractivity contribution >= 4 is 0 Å². The van der Waals surface area contributed by atoms with E-state index in [1.165, 1.54) is 0 Å². The van der Waals surface area contributed by atoms with E-state index in [-0.39, 0.29) is 0 Å². The molecular formula is C16H23N3O. The van der Waals surface area contributed by atoms with Gasteiger partial charge in [-0.3, -0.25) is 9.80 Å². The van der Waals surface area contributed by atoms with Crippen LogP contribution in [-0.2, 0) is 11.3 Å². The molecule has 1 aromatic rings. The van der Waals surface area contributed by atoms with Gasteiger partial charge in [0.25, 0.3) is 0 Å². The molecule has 0 aliphatic carbocycles. The summed E-state index contributed by atoms with van der Waals surface area (Å²) in [4.78, 5) is 4.90. The molecular weight excluding hydrogens is 250 g/mol. The summed E-state index contributed by atoms with van der Waals surface area (Å²) in [6.07, 6.45) is 0. The fourth-order valence-electron chi connectivity index (χ4n) is 2.76. The third kappa shape index (κ3) is 3.80. The van der Waals surface area contributed by atoms with Crippen molar-refractivity contribution in [3.05, 3.63) is 35.4 Å². The van der Waals surface area contributed by atoms with Crippen molar-refractivity contribution in [1.29, 1.82) is 5.26 Å². The van der Waals surface area contributed by atoms with E-state index in [1.54, 1.807) is 7.11 Å². The number of nitrogens with zero attached hydrogens (tertiary/aromatic N) is 3. The highest BCUT2D eigenvalue weighted by Crippen LogP contribution is 2.15. The topological polar surface area (TPSA) is 39.5 Å². The fraction of sp³-hybridized carbons (Fsp3) is 0.562. The summed E-state index contributed by atoms with van der Waals surface area (Å²) in [5, 5.41) is 9.15. The summed E-state index contributed by atoms with van der Waals surface area (Å²) < 4.78 is 5.15. The molecule has 0 aromatic heterocycles. The first-order chi connectivity index (χ1) is 9.74. The van der Waals surface area contributed by atoms with E-state index in [0.717, 1.165) is 50.5 Å². The Labute approximate surface area is 121 Å². The maximum Gasteiger partial charge on any atom is 0.0995 e. The van der Waals surface area contributed by atoms with E-state index < -0.39 is 0 Å². The van der Waals surface area contributed by atoms with Crippen LogP contribution >= 0.6 is 0 Å². The first kappa shape index (κ1) is 15.0. The lowest BCUT2D eigenvalue weighted by Gasteiger charge is -2.39. The molecule has 2 rings (SSSR count). The number of benzene rings is 1. The monoisotopic (exact) mass is 273 g/mol. The zero-order valence-electron chi connectivity index (χ0n) is 12.4. The van der Waals surface area contributed by atoms with Crippen LogP contribution in [0.2, 0.25) is 0 Å². The molecule has 0 amide bonds. The molecule has 1 saturated heterocycles. The first-order valence-electron chi connectivity index (χ1n) is 7.18. The van der Waals surface area contributed by atoms with E-state index in [9.17, 15) is 0 Å². The largest absolute Gasteiger partial charge is 0.383 e. The van der Waals surface area contributed by atoms with E-state index in [1.807, 2.05) is 18.2 Å². The molecule has 0 radical (unpaired) electrons. The van der Waals surface area contributed by atoms with Crippen molar-refractivity contribution in [1.82, 2.24) is 9.80 Å². The number of rotatable bonds is 5. The number of piperazine rings is 1. The maximum absolute atomic E-state index is 9.15. The Kier molecular flexibility index (Phi) is 5.54. The standard InChI is InChI=1S/C16H23N3O/c1-14-12-18(7-8-19(14)9-10-20-2)13-16-6-4-3-5-15(16)11-17/h3-6,14H,7-10,12-13H2,1-2H3/t14-/m0/s1. The van der Waals surface area contributed by atoms with Gasteiger partial charge in [-0.2, -0.15) is 5.26 Å². The van der Waals surface area contributed by atoms with Crippen molar-refractivity contribution in [2.45, 2.75) is 19.5 Å². The number of nitriles is 1. The molecule has 1 aliphatic heterocycles. The molecule has 4 heteroatoms. The highest BCUT2D eigenvalue weighted by Gasteiger charge is 2.23. The average Bonchev–Trinajstić information content (AvgIpc) is 2.47. The number of ether oxygens (including phenoxy) is 1. The van der Waals surface area contributed by atoms with Crippen molar-refractivity contribution < 1.29 is 4.74 Å². The van der Waals surface area contributed by atoms with Crippen LogP contribution in [0.15, 0.2) is 24.3 Å². The zero-order valence-corrected chi connectivity index (χ0v) is 12.4. The molecule has 0 bridgehead atoms. The Bertz CT molecular complexity index is 469. The second-order valence-electron chi connectivity index (χ2n) is 5.38. The highest BCUT2D eigenvalue weighted by atomic mass is 16.5. The first-order valence-corrected chi connectivity index (χ1v) is 7.18. The molecule has 1 fully saturated rings. The summed E-state index contributed by atoms with van der Waals surface area (Å²) in [6, 6.07) is 10.7. The smallest absolute Gasteiger partial charge is 0.0995 e. The van der Waals surface area contributed by atoms with Crippen LogP contribution in [0.4, 0.5) is 0 Å². The van der Waals surface area contributed by atoms with Crippen molar-refractivity contribution in [3.8, 4) is 6.07 Å². The molecule has 0 N–H and O–H groups in total. The van der Waals surface area contributed by atoms with Crippen LogP contribution in [-0.4, -0.2) is 55.7 Å². The summed E-state index contributed by atoms with van der Waals surface area (Å²) in [5.74, 6) is 0. The minimum atomic E-state index is 0.535. The predicted octanol–water partition coefficient (Wildman–Crippen LogP) is 1.71. The molecule has 1 aromatic carbocycles. The third-order valence-electron chi connectivity index (χ3n) is 3.96. The van der Waals surface area contributed by atoms with Gasteiger partial charge in [0.1, 0.15) is 0 Å². The van der Waals surface area contributed by atoms with Gasteiger partial charge in [0.2, 0.25) is 0 Å². The molecule has 4 nitrogen and oxygen atoms in total. The van der Waals surface area contributed by atoms with Crippen molar-refractivity contribution in [2.24, 2.45) is 0 Å². The van der Waals surface area contributed by atoms with Crippen LogP contribution in [0, 0.1) is 11.3 Å². The minimum absolute atomic E-state index is 0.535. The SMILES string of the molecule is COCCN1CCN(Cc2ccccc2C#N)C[C@@H]1C. The molecule has 1 atom stereocenters. The van der Waals surface area contributed by atoms with Gasteiger partial charge in [-0.1, -0.05) is 18.2 Å². The van der Waals surface area contributed by atoms with Crippen LogP contribution < -0.4 is 0 Å². The molecule has 0 unspecified atom stereocenters. The van der Waals surface area contributed by atoms with Crippen LogP contribution in [0.25, 0.3) is 0 Å². The highest BCUT2D eigenvalue weighted by molar-refractivity contribution is 5.37. The summed E-state index contributed by atoms with van der Waals surface area (Å²) in [7, 11) is 1.75. The fourth-order valence-corrected chi connectivity index (χ4v) is 2.76. The van der Waals surface area contributed by atoms with Gasteiger partial charge in [-0.05, 0) is 18.6 Å². The predicted molar refractivity (Wildman–Crippen MR) is 79.3 cm³/mol. The molecule has 1 aliphatic rings. The molecule has 108 valence electrons. The Morgan fingerprint density at radius 2 is 2.15 bits per heavy atom. The molecule has 20 heavy (non-hydrogen) atoms. The Balaban J connectivity index is 1.91. The normalized spacial score (nSPS) is 20.8. The van der Waals surface area contributed by atoms with E-state index in [0.29, 0.717) is 6.04 Å². The van der Waals surface area contributed by atoms with E-state index in [2.05, 4.69) is 28.9 Å². The van der Waals surface area contributed by atoms with Gasteiger partial charge in [0.15, 0.2) is 0 Å². The lowest BCUT2D eigenvalue weighted by Crippen LogP contribution is -2.52. The number of methoxy groups -OCH3 is 1. The second kappa shape index (κ2) is 7.39. The third-order valence-corrected chi connectivity index (χ3v) is 3.96. The Morgan fingerprint density at radius 3 is 2.85 bits per heavy atom.